The predicted octanol–water partition coefficient (Wildman–Crippen LogP) is 4.61. The van der Waals surface area contributed by atoms with Crippen molar-refractivity contribution in [1.29, 1.82) is 0 Å². The van der Waals surface area contributed by atoms with Crippen LogP contribution in [0.4, 0.5) is 5.69 Å². The van der Waals surface area contributed by atoms with Crippen molar-refractivity contribution >= 4 is 27.5 Å². The van der Waals surface area contributed by atoms with E-state index in [0.717, 1.165) is 12.1 Å². The van der Waals surface area contributed by atoms with Crippen LogP contribution in [0.2, 0.25) is 0 Å². The van der Waals surface area contributed by atoms with Gasteiger partial charge in [-0.2, -0.15) is 0 Å². The van der Waals surface area contributed by atoms with Crippen LogP contribution >= 0.6 is 15.9 Å². The average molecular weight is 324 g/mol. The zero-order valence-corrected chi connectivity index (χ0v) is 13.4. The van der Waals surface area contributed by atoms with Crippen molar-refractivity contribution in [3.8, 4) is 0 Å². The molecule has 0 N–H and O–H groups in total. The van der Waals surface area contributed by atoms with Crippen molar-refractivity contribution in [3.63, 3.8) is 0 Å². The highest BCUT2D eigenvalue weighted by Gasteiger charge is 2.21. The number of hydrogen-bond acceptors (Lipinski definition) is 1. The number of benzene rings is 1. The zero-order chi connectivity index (χ0) is 13.8. The molecule has 3 heteroatoms. The van der Waals surface area contributed by atoms with Gasteiger partial charge in [0.2, 0.25) is 5.91 Å². The standard InChI is InChI=1S/C16H22BrNO/c1-3-4-5-6-14(17)12-7-9-15-13(11-12)8-10-16(19)18(15)2/h7,9,11,14H,3-6,8,10H2,1-2H3. The molecular formula is C16H22BrNO. The molecule has 1 atom stereocenters. The Bertz CT molecular complexity index is 458. The molecule has 104 valence electrons. The lowest BCUT2D eigenvalue weighted by molar-refractivity contribution is -0.118. The molecule has 1 aliphatic rings. The summed E-state index contributed by atoms with van der Waals surface area (Å²) in [5.41, 5.74) is 3.73. The van der Waals surface area contributed by atoms with E-state index >= 15 is 0 Å². The highest BCUT2D eigenvalue weighted by atomic mass is 79.9. The van der Waals surface area contributed by atoms with Crippen LogP contribution in [0.3, 0.4) is 0 Å². The summed E-state index contributed by atoms with van der Waals surface area (Å²) in [4.78, 5) is 13.9. The molecule has 1 aliphatic heterocycles. The van der Waals surface area contributed by atoms with Gasteiger partial charge in [-0.3, -0.25) is 4.79 Å². The van der Waals surface area contributed by atoms with Crippen LogP contribution < -0.4 is 4.90 Å². The Morgan fingerprint density at radius 3 is 2.84 bits per heavy atom. The number of carbonyl (C=O) groups excluding carboxylic acids is 1. The normalized spacial score (nSPS) is 16.4. The molecule has 2 nitrogen and oxygen atoms in total. The van der Waals surface area contributed by atoms with Gasteiger partial charge in [0.1, 0.15) is 0 Å². The molecule has 1 aromatic carbocycles. The number of hydrogen-bond donors (Lipinski definition) is 0. The molecule has 0 aromatic heterocycles. The molecule has 2 rings (SSSR count). The summed E-state index contributed by atoms with van der Waals surface area (Å²) in [5.74, 6) is 0.221. The van der Waals surface area contributed by atoms with Crippen LogP contribution in [-0.2, 0) is 11.2 Å². The van der Waals surface area contributed by atoms with Gasteiger partial charge in [-0.05, 0) is 30.0 Å². The van der Waals surface area contributed by atoms with E-state index in [9.17, 15) is 4.79 Å². The summed E-state index contributed by atoms with van der Waals surface area (Å²) in [5, 5.41) is 0. The monoisotopic (exact) mass is 323 g/mol. The van der Waals surface area contributed by atoms with Gasteiger partial charge < -0.3 is 4.90 Å². The molecule has 0 spiro atoms. The third kappa shape index (κ3) is 3.38. The third-order valence-corrected chi connectivity index (χ3v) is 4.86. The molecule has 0 bridgehead atoms. The minimum atomic E-state index is 0.221. The summed E-state index contributed by atoms with van der Waals surface area (Å²) < 4.78 is 0. The van der Waals surface area contributed by atoms with Gasteiger partial charge in [0.15, 0.2) is 0 Å². The Morgan fingerprint density at radius 1 is 1.32 bits per heavy atom. The smallest absolute Gasteiger partial charge is 0.227 e. The highest BCUT2D eigenvalue weighted by molar-refractivity contribution is 9.09. The van der Waals surface area contributed by atoms with Gasteiger partial charge >= 0.3 is 0 Å². The lowest BCUT2D eigenvalue weighted by Gasteiger charge is -2.26. The van der Waals surface area contributed by atoms with E-state index in [2.05, 4.69) is 41.1 Å². The average Bonchev–Trinajstić information content (AvgIpc) is 2.43. The minimum absolute atomic E-state index is 0.221. The zero-order valence-electron chi connectivity index (χ0n) is 11.8. The summed E-state index contributed by atoms with van der Waals surface area (Å²) in [6, 6.07) is 6.51. The van der Waals surface area contributed by atoms with Gasteiger partial charge in [-0.1, -0.05) is 54.2 Å². The van der Waals surface area contributed by atoms with Gasteiger partial charge in [0.05, 0.1) is 0 Å². The molecule has 1 heterocycles. The number of amides is 1. The van der Waals surface area contributed by atoms with E-state index in [-0.39, 0.29) is 5.91 Å². The number of nitrogens with zero attached hydrogens (tertiary/aromatic N) is 1. The molecule has 0 aliphatic carbocycles. The van der Waals surface area contributed by atoms with E-state index in [1.807, 2.05) is 7.05 Å². The van der Waals surface area contributed by atoms with Crippen LogP contribution in [-0.4, -0.2) is 13.0 Å². The lowest BCUT2D eigenvalue weighted by atomic mass is 9.97. The van der Waals surface area contributed by atoms with Crippen LogP contribution in [0.5, 0.6) is 0 Å². The fourth-order valence-corrected chi connectivity index (χ4v) is 3.22. The maximum absolute atomic E-state index is 11.7. The van der Waals surface area contributed by atoms with Crippen molar-refractivity contribution in [2.45, 2.75) is 50.3 Å². The first kappa shape index (κ1) is 14.6. The van der Waals surface area contributed by atoms with E-state index in [0.29, 0.717) is 11.2 Å². The number of carbonyl (C=O) groups is 1. The van der Waals surface area contributed by atoms with E-state index in [4.69, 9.17) is 0 Å². The number of halogens is 1. The first-order valence-electron chi connectivity index (χ1n) is 7.17. The quantitative estimate of drug-likeness (QED) is 0.572. The minimum Gasteiger partial charge on any atom is -0.315 e. The van der Waals surface area contributed by atoms with Crippen molar-refractivity contribution in [2.24, 2.45) is 0 Å². The predicted molar refractivity (Wildman–Crippen MR) is 84.0 cm³/mol. The lowest BCUT2D eigenvalue weighted by Crippen LogP contribution is -2.31. The maximum Gasteiger partial charge on any atom is 0.227 e. The van der Waals surface area contributed by atoms with Crippen molar-refractivity contribution < 1.29 is 4.79 Å². The number of alkyl halides is 1. The Kier molecular flexibility index (Phi) is 5.03. The molecule has 0 fully saturated rings. The van der Waals surface area contributed by atoms with Crippen LogP contribution in [0.1, 0.15) is 55.0 Å². The topological polar surface area (TPSA) is 20.3 Å². The third-order valence-electron chi connectivity index (χ3n) is 3.87. The number of aryl methyl sites for hydroxylation is 1. The van der Waals surface area contributed by atoms with E-state index in [1.165, 1.54) is 36.8 Å². The van der Waals surface area contributed by atoms with E-state index < -0.39 is 0 Å². The number of rotatable bonds is 5. The van der Waals surface area contributed by atoms with Crippen molar-refractivity contribution in [2.75, 3.05) is 11.9 Å². The summed E-state index contributed by atoms with van der Waals surface area (Å²) >= 11 is 3.79. The first-order valence-corrected chi connectivity index (χ1v) is 8.08. The largest absolute Gasteiger partial charge is 0.315 e. The second-order valence-corrected chi connectivity index (χ2v) is 6.41. The Labute approximate surface area is 124 Å². The molecule has 1 aromatic rings. The van der Waals surface area contributed by atoms with Gasteiger partial charge in [-0.25, -0.2) is 0 Å². The Morgan fingerprint density at radius 2 is 2.11 bits per heavy atom. The van der Waals surface area contributed by atoms with Gasteiger partial charge in [0.25, 0.3) is 0 Å². The van der Waals surface area contributed by atoms with Crippen molar-refractivity contribution in [3.05, 3.63) is 29.3 Å². The fraction of sp³-hybridized carbons (Fsp3) is 0.562. The highest BCUT2D eigenvalue weighted by Crippen LogP contribution is 2.34. The molecule has 0 saturated carbocycles. The number of anilines is 1. The van der Waals surface area contributed by atoms with Gasteiger partial charge in [-0.15, -0.1) is 0 Å². The maximum atomic E-state index is 11.7. The van der Waals surface area contributed by atoms with Crippen molar-refractivity contribution in [1.82, 2.24) is 0 Å². The van der Waals surface area contributed by atoms with Crippen LogP contribution in [0.25, 0.3) is 0 Å². The molecule has 1 amide bonds. The number of unbranched alkanes of at least 4 members (excludes halogenated alkanes) is 2. The molecule has 19 heavy (non-hydrogen) atoms. The summed E-state index contributed by atoms with van der Waals surface area (Å²) in [6.45, 7) is 2.23. The SMILES string of the molecule is CCCCCC(Br)c1ccc2c(c1)CCC(=O)N2C. The van der Waals surface area contributed by atoms with Crippen LogP contribution in [0.15, 0.2) is 18.2 Å². The Balaban J connectivity index is 2.10. The molecule has 1 unspecified atom stereocenters. The second kappa shape index (κ2) is 6.56. The summed E-state index contributed by atoms with van der Waals surface area (Å²) in [6.07, 6.45) is 6.52. The van der Waals surface area contributed by atoms with Gasteiger partial charge in [0, 0.05) is 24.0 Å². The Hall–Kier alpha value is -0.830. The molecular weight excluding hydrogens is 302 g/mol. The molecule has 0 radical (unpaired) electrons. The fourth-order valence-electron chi connectivity index (χ4n) is 2.61. The van der Waals surface area contributed by atoms with Crippen LogP contribution in [0, 0.1) is 0 Å². The van der Waals surface area contributed by atoms with E-state index in [1.54, 1.807) is 4.90 Å². The summed E-state index contributed by atoms with van der Waals surface area (Å²) in [7, 11) is 1.87. The first-order chi connectivity index (χ1) is 9.13. The molecule has 0 saturated heterocycles. The number of fused-ring (bicyclic) bond motifs is 1. The second-order valence-electron chi connectivity index (χ2n) is 5.30.